The van der Waals surface area contributed by atoms with E-state index in [1.807, 2.05) is 0 Å². The number of fused-ring (bicyclic) bond motifs is 11. The maximum Gasteiger partial charge on any atom is 0.159 e. The van der Waals surface area contributed by atoms with Crippen LogP contribution in [0.1, 0.15) is 93.5 Å². The zero-order chi connectivity index (χ0) is 36.3. The van der Waals surface area contributed by atoms with Gasteiger partial charge in [0.05, 0.1) is 11.4 Å². The summed E-state index contributed by atoms with van der Waals surface area (Å²) in [6.07, 6.45) is 6.42. The summed E-state index contributed by atoms with van der Waals surface area (Å²) in [7, 11) is 0. The molecular formula is C52H45NO. The molecule has 0 aliphatic heterocycles. The summed E-state index contributed by atoms with van der Waals surface area (Å²) in [4.78, 5) is 2.46. The minimum absolute atomic E-state index is 0.0597. The predicted octanol–water partition coefficient (Wildman–Crippen LogP) is 14.9. The van der Waals surface area contributed by atoms with Gasteiger partial charge < -0.3 is 9.32 Å². The van der Waals surface area contributed by atoms with Crippen molar-refractivity contribution in [3.63, 3.8) is 0 Å². The third-order valence-electron chi connectivity index (χ3n) is 13.4. The smallest absolute Gasteiger partial charge is 0.159 e. The first-order valence-electron chi connectivity index (χ1n) is 20.0. The van der Waals surface area contributed by atoms with Crippen LogP contribution in [0.3, 0.4) is 0 Å². The standard InChI is InChI=1S/C52H45NO/c1-51(2)42-27-14-13-21-35(42)40-29-44-41(30-43(40)51)48-37-23-12-11-22-36(37)47(31-45(48)52(44,3)4)53(33-19-9-6-10-20-33)46-28-16-26-39-38-25-15-24-34(49(38)54-50(39)46)32-17-7-5-8-18-32/h6,9-16,19-32H,5,7-8,17-18H2,1-4H3. The Labute approximate surface area is 318 Å². The van der Waals surface area contributed by atoms with Gasteiger partial charge in [0, 0.05) is 32.7 Å². The van der Waals surface area contributed by atoms with E-state index < -0.39 is 0 Å². The average Bonchev–Trinajstić information content (AvgIpc) is 3.78. The van der Waals surface area contributed by atoms with E-state index in [1.165, 1.54) is 109 Å². The van der Waals surface area contributed by atoms with Crippen molar-refractivity contribution >= 4 is 49.8 Å². The number of nitrogens with zero attached hydrogens (tertiary/aromatic N) is 1. The molecule has 0 bridgehead atoms. The monoisotopic (exact) mass is 699 g/mol. The lowest BCUT2D eigenvalue weighted by molar-refractivity contribution is 0.442. The molecule has 3 aliphatic carbocycles. The summed E-state index contributed by atoms with van der Waals surface area (Å²) < 4.78 is 7.14. The number of anilines is 3. The first-order valence-corrected chi connectivity index (χ1v) is 20.0. The average molecular weight is 700 g/mol. The summed E-state index contributed by atoms with van der Waals surface area (Å²) in [5, 5.41) is 4.93. The van der Waals surface area contributed by atoms with Crippen molar-refractivity contribution in [1.29, 1.82) is 0 Å². The molecule has 2 heteroatoms. The van der Waals surface area contributed by atoms with Crippen molar-refractivity contribution in [1.82, 2.24) is 0 Å². The zero-order valence-electron chi connectivity index (χ0n) is 31.7. The third-order valence-corrected chi connectivity index (χ3v) is 13.4. The van der Waals surface area contributed by atoms with E-state index in [0.29, 0.717) is 5.92 Å². The molecule has 264 valence electrons. The number of benzene rings is 7. The molecule has 0 amide bonds. The van der Waals surface area contributed by atoms with Crippen LogP contribution in [0, 0.1) is 0 Å². The maximum absolute atomic E-state index is 7.14. The molecule has 1 heterocycles. The van der Waals surface area contributed by atoms with Gasteiger partial charge in [0.2, 0.25) is 0 Å². The second-order valence-corrected chi connectivity index (χ2v) is 17.1. The van der Waals surface area contributed by atoms with Crippen molar-refractivity contribution in [3.8, 4) is 22.3 Å². The summed E-state index contributed by atoms with van der Waals surface area (Å²) in [6, 6.07) is 50.1. The topological polar surface area (TPSA) is 16.4 Å². The molecule has 2 nitrogen and oxygen atoms in total. The molecular weight excluding hydrogens is 655 g/mol. The highest BCUT2D eigenvalue weighted by molar-refractivity contribution is 6.14. The van der Waals surface area contributed by atoms with E-state index in [0.717, 1.165) is 22.5 Å². The van der Waals surface area contributed by atoms with Gasteiger partial charge in [0.1, 0.15) is 5.58 Å². The normalized spacial score (nSPS) is 16.7. The summed E-state index contributed by atoms with van der Waals surface area (Å²) in [5.74, 6) is 0.557. The number of para-hydroxylation sites is 3. The largest absolute Gasteiger partial charge is 0.454 e. The Kier molecular flexibility index (Phi) is 6.76. The number of hydrogen-bond donors (Lipinski definition) is 0. The van der Waals surface area contributed by atoms with Crippen molar-refractivity contribution in [2.24, 2.45) is 0 Å². The van der Waals surface area contributed by atoms with Crippen LogP contribution >= 0.6 is 0 Å². The number of rotatable bonds is 4. The van der Waals surface area contributed by atoms with Crippen molar-refractivity contribution < 1.29 is 4.42 Å². The fraction of sp³-hybridized carbons (Fsp3) is 0.231. The van der Waals surface area contributed by atoms with Gasteiger partial charge in [-0.3, -0.25) is 0 Å². The molecule has 0 atom stereocenters. The molecule has 1 saturated carbocycles. The summed E-state index contributed by atoms with van der Waals surface area (Å²) >= 11 is 0. The lowest BCUT2D eigenvalue weighted by Crippen LogP contribution is -2.18. The van der Waals surface area contributed by atoms with E-state index in [1.54, 1.807) is 0 Å². The molecule has 0 radical (unpaired) electrons. The van der Waals surface area contributed by atoms with Crippen LogP contribution in [0.4, 0.5) is 17.1 Å². The van der Waals surface area contributed by atoms with Crippen LogP contribution in [0.15, 0.2) is 138 Å². The maximum atomic E-state index is 7.14. The van der Waals surface area contributed by atoms with Gasteiger partial charge in [-0.2, -0.15) is 0 Å². The van der Waals surface area contributed by atoms with E-state index in [2.05, 4.69) is 166 Å². The number of furan rings is 1. The number of hydrogen-bond acceptors (Lipinski definition) is 2. The van der Waals surface area contributed by atoms with Crippen molar-refractivity contribution in [2.45, 2.75) is 76.5 Å². The van der Waals surface area contributed by atoms with Gasteiger partial charge in [-0.1, -0.05) is 144 Å². The highest BCUT2D eigenvalue weighted by Gasteiger charge is 2.43. The molecule has 0 spiro atoms. The highest BCUT2D eigenvalue weighted by atomic mass is 16.3. The fourth-order valence-corrected chi connectivity index (χ4v) is 10.7. The van der Waals surface area contributed by atoms with Crippen LogP contribution in [-0.4, -0.2) is 0 Å². The van der Waals surface area contributed by atoms with E-state index in [-0.39, 0.29) is 10.8 Å². The minimum atomic E-state index is -0.206. The highest BCUT2D eigenvalue weighted by Crippen LogP contribution is 2.59. The Bertz CT molecular complexity index is 2810. The van der Waals surface area contributed by atoms with Gasteiger partial charge in [0.25, 0.3) is 0 Å². The molecule has 0 N–H and O–H groups in total. The Morgan fingerprint density at radius 2 is 1.11 bits per heavy atom. The summed E-state index contributed by atoms with van der Waals surface area (Å²) in [6.45, 7) is 9.63. The van der Waals surface area contributed by atoms with E-state index in [4.69, 9.17) is 4.42 Å². The molecule has 1 fully saturated rings. The molecule has 0 unspecified atom stereocenters. The van der Waals surface area contributed by atoms with Gasteiger partial charge in [0.15, 0.2) is 5.58 Å². The van der Waals surface area contributed by atoms with Crippen molar-refractivity contribution in [3.05, 3.63) is 161 Å². The fourth-order valence-electron chi connectivity index (χ4n) is 10.7. The molecule has 8 aromatic rings. The van der Waals surface area contributed by atoms with Gasteiger partial charge >= 0.3 is 0 Å². The molecule has 0 saturated heterocycles. The van der Waals surface area contributed by atoms with Gasteiger partial charge in [-0.05, 0) is 111 Å². The quantitative estimate of drug-likeness (QED) is 0.182. The molecule has 7 aromatic carbocycles. The molecule has 3 aliphatic rings. The Balaban J connectivity index is 1.17. The van der Waals surface area contributed by atoms with Crippen LogP contribution in [0.25, 0.3) is 55.0 Å². The first kappa shape index (κ1) is 31.9. The molecule has 1 aromatic heterocycles. The first-order chi connectivity index (χ1) is 26.3. The van der Waals surface area contributed by atoms with E-state index in [9.17, 15) is 0 Å². The third kappa shape index (κ3) is 4.34. The van der Waals surface area contributed by atoms with E-state index >= 15 is 0 Å². The molecule has 11 rings (SSSR count). The minimum Gasteiger partial charge on any atom is -0.454 e. The van der Waals surface area contributed by atoms with Gasteiger partial charge in [-0.15, -0.1) is 0 Å². The molecule has 54 heavy (non-hydrogen) atoms. The van der Waals surface area contributed by atoms with Crippen LogP contribution in [0.2, 0.25) is 0 Å². The van der Waals surface area contributed by atoms with Crippen LogP contribution in [0.5, 0.6) is 0 Å². The SMILES string of the molecule is CC1(C)c2ccccc2-c2cc3c(cc21)-c1c(cc(N(c2ccccc2)c2cccc4c2oc2c(C5CCCCC5)cccc24)c2ccccc12)C3(C)C. The Morgan fingerprint density at radius 1 is 0.481 bits per heavy atom. The lowest BCUT2D eigenvalue weighted by atomic mass is 9.79. The summed E-state index contributed by atoms with van der Waals surface area (Å²) in [5.41, 5.74) is 17.6. The Morgan fingerprint density at radius 3 is 1.93 bits per heavy atom. The second-order valence-electron chi connectivity index (χ2n) is 17.1. The Hall–Kier alpha value is -5.60. The predicted molar refractivity (Wildman–Crippen MR) is 227 cm³/mol. The van der Waals surface area contributed by atoms with Gasteiger partial charge in [-0.25, -0.2) is 0 Å². The zero-order valence-corrected chi connectivity index (χ0v) is 31.7. The lowest BCUT2D eigenvalue weighted by Gasteiger charge is -2.29. The second kappa shape index (κ2) is 11.5. The van der Waals surface area contributed by atoms with Crippen LogP contribution in [-0.2, 0) is 10.8 Å². The van der Waals surface area contributed by atoms with Crippen LogP contribution < -0.4 is 4.90 Å². The van der Waals surface area contributed by atoms with Crippen molar-refractivity contribution in [2.75, 3.05) is 4.90 Å².